The molecule has 0 N–H and O–H groups in total. The molecule has 2 nitrogen and oxygen atoms in total. The van der Waals surface area contributed by atoms with E-state index in [-0.39, 0.29) is 5.97 Å². The van der Waals surface area contributed by atoms with Crippen LogP contribution in [0.15, 0.2) is 67.3 Å². The highest BCUT2D eigenvalue weighted by Crippen LogP contribution is 2.22. The molecular formula is C20H26O2. The maximum Gasteiger partial charge on any atom is 0.333 e. The van der Waals surface area contributed by atoms with Crippen LogP contribution in [0.5, 0.6) is 0 Å². The minimum absolute atomic E-state index is 0.304. The molecule has 0 saturated carbocycles. The van der Waals surface area contributed by atoms with E-state index in [1.54, 1.807) is 6.92 Å². The molecule has 1 atom stereocenters. The van der Waals surface area contributed by atoms with Gasteiger partial charge in [-0.15, -0.1) is 6.58 Å². The highest BCUT2D eigenvalue weighted by molar-refractivity contribution is 5.87. The summed E-state index contributed by atoms with van der Waals surface area (Å²) in [6, 6.07) is 10.3. The van der Waals surface area contributed by atoms with Crippen molar-refractivity contribution in [2.45, 2.75) is 45.1 Å². The van der Waals surface area contributed by atoms with Gasteiger partial charge in [0.25, 0.3) is 0 Å². The zero-order valence-corrected chi connectivity index (χ0v) is 13.8. The van der Waals surface area contributed by atoms with Gasteiger partial charge in [-0.05, 0) is 32.8 Å². The summed E-state index contributed by atoms with van der Waals surface area (Å²) < 4.78 is 5.41. The Labute approximate surface area is 134 Å². The molecule has 0 aliphatic rings. The van der Waals surface area contributed by atoms with Gasteiger partial charge in [0.15, 0.2) is 0 Å². The average Bonchev–Trinajstić information content (AvgIpc) is 2.47. The third kappa shape index (κ3) is 6.13. The van der Waals surface area contributed by atoms with Crippen molar-refractivity contribution in [1.82, 2.24) is 0 Å². The van der Waals surface area contributed by atoms with Gasteiger partial charge in [-0.3, -0.25) is 0 Å². The standard InChI is InChI=1S/C20H26O2/c1-6-17(18-13-8-7-9-14-18)12-10-11-15-20(4,5)22-19(21)16(2)3/h6-11,13-14,17H,1-2,12,15H2,3-5H3. The van der Waals surface area contributed by atoms with E-state index in [2.05, 4.69) is 37.4 Å². The molecule has 0 heterocycles. The van der Waals surface area contributed by atoms with E-state index < -0.39 is 5.60 Å². The predicted octanol–water partition coefficient (Wildman–Crippen LogP) is 5.19. The van der Waals surface area contributed by atoms with Gasteiger partial charge < -0.3 is 4.74 Å². The number of rotatable bonds is 8. The first-order chi connectivity index (χ1) is 10.4. The second kappa shape index (κ2) is 8.38. The minimum Gasteiger partial charge on any atom is -0.456 e. The molecular weight excluding hydrogens is 272 g/mol. The fraction of sp³-hybridized carbons (Fsp3) is 0.350. The van der Waals surface area contributed by atoms with Gasteiger partial charge >= 0.3 is 5.97 Å². The normalized spacial score (nSPS) is 12.9. The lowest BCUT2D eigenvalue weighted by Gasteiger charge is -2.23. The molecule has 0 spiro atoms. The summed E-state index contributed by atoms with van der Waals surface area (Å²) in [5.41, 5.74) is 1.16. The molecule has 0 amide bonds. The molecule has 1 unspecified atom stereocenters. The Morgan fingerprint density at radius 3 is 2.45 bits per heavy atom. The van der Waals surface area contributed by atoms with Gasteiger partial charge in [0, 0.05) is 17.9 Å². The fourth-order valence-electron chi connectivity index (χ4n) is 2.06. The molecule has 1 rings (SSSR count). The SMILES string of the molecule is C=CC(CC=CCC(C)(C)OC(=O)C(=C)C)c1ccccc1. The highest BCUT2D eigenvalue weighted by Gasteiger charge is 2.21. The second-order valence-electron chi connectivity index (χ2n) is 6.09. The second-order valence-corrected chi connectivity index (χ2v) is 6.09. The van der Waals surface area contributed by atoms with E-state index in [1.807, 2.05) is 38.1 Å². The summed E-state index contributed by atoms with van der Waals surface area (Å²) in [5, 5.41) is 0. The zero-order valence-electron chi connectivity index (χ0n) is 13.8. The molecule has 0 fully saturated rings. The third-order valence-electron chi connectivity index (χ3n) is 3.40. The van der Waals surface area contributed by atoms with E-state index in [0.717, 1.165) is 6.42 Å². The number of ether oxygens (including phenoxy) is 1. The van der Waals surface area contributed by atoms with E-state index in [9.17, 15) is 4.79 Å². The summed E-state index contributed by atoms with van der Waals surface area (Å²) in [7, 11) is 0. The summed E-state index contributed by atoms with van der Waals surface area (Å²) >= 11 is 0. The molecule has 0 bridgehead atoms. The molecule has 0 aromatic heterocycles. The summed E-state index contributed by atoms with van der Waals surface area (Å²) in [4.78, 5) is 11.6. The smallest absolute Gasteiger partial charge is 0.333 e. The van der Waals surface area contributed by atoms with Crippen LogP contribution >= 0.6 is 0 Å². The maximum atomic E-state index is 11.6. The first-order valence-electron chi connectivity index (χ1n) is 7.57. The first kappa shape index (κ1) is 18.0. The average molecular weight is 298 g/mol. The van der Waals surface area contributed by atoms with Crippen LogP contribution in [0.1, 0.15) is 45.1 Å². The van der Waals surface area contributed by atoms with Crippen LogP contribution in [-0.4, -0.2) is 11.6 Å². The van der Waals surface area contributed by atoms with Gasteiger partial charge in [0.05, 0.1) is 0 Å². The van der Waals surface area contributed by atoms with Crippen LogP contribution < -0.4 is 0 Å². The van der Waals surface area contributed by atoms with E-state index >= 15 is 0 Å². The number of carbonyl (C=O) groups is 1. The Morgan fingerprint density at radius 2 is 1.91 bits per heavy atom. The molecule has 0 aliphatic heterocycles. The number of allylic oxidation sites excluding steroid dienone is 2. The Balaban J connectivity index is 2.53. The monoisotopic (exact) mass is 298 g/mol. The van der Waals surface area contributed by atoms with Crippen molar-refractivity contribution in [3.8, 4) is 0 Å². The molecule has 1 aromatic rings. The Hall–Kier alpha value is -2.09. The van der Waals surface area contributed by atoms with Crippen LogP contribution in [0.3, 0.4) is 0 Å². The van der Waals surface area contributed by atoms with Crippen LogP contribution in [0.25, 0.3) is 0 Å². The van der Waals surface area contributed by atoms with Crippen LogP contribution in [0, 0.1) is 0 Å². The van der Waals surface area contributed by atoms with Crippen molar-refractivity contribution >= 4 is 5.97 Å². The molecule has 0 saturated heterocycles. The fourth-order valence-corrected chi connectivity index (χ4v) is 2.06. The van der Waals surface area contributed by atoms with Crippen molar-refractivity contribution in [2.24, 2.45) is 0 Å². The van der Waals surface area contributed by atoms with Crippen LogP contribution in [-0.2, 0) is 9.53 Å². The quantitative estimate of drug-likeness (QED) is 0.375. The molecule has 118 valence electrons. The van der Waals surface area contributed by atoms with E-state index in [4.69, 9.17) is 4.74 Å². The van der Waals surface area contributed by atoms with E-state index in [0.29, 0.717) is 17.9 Å². The van der Waals surface area contributed by atoms with Gasteiger partial charge in [0.2, 0.25) is 0 Å². The van der Waals surface area contributed by atoms with Crippen molar-refractivity contribution in [3.05, 3.63) is 72.9 Å². The van der Waals surface area contributed by atoms with Crippen molar-refractivity contribution in [1.29, 1.82) is 0 Å². The zero-order chi connectivity index (χ0) is 16.6. The lowest BCUT2D eigenvalue weighted by atomic mass is 9.95. The first-order valence-corrected chi connectivity index (χ1v) is 7.57. The van der Waals surface area contributed by atoms with Gasteiger partial charge in [-0.25, -0.2) is 4.79 Å². The van der Waals surface area contributed by atoms with Crippen molar-refractivity contribution in [2.75, 3.05) is 0 Å². The van der Waals surface area contributed by atoms with E-state index in [1.165, 1.54) is 5.56 Å². The lowest BCUT2D eigenvalue weighted by Crippen LogP contribution is -2.27. The Bertz CT molecular complexity index is 538. The summed E-state index contributed by atoms with van der Waals surface area (Å²) in [6.45, 7) is 13.0. The van der Waals surface area contributed by atoms with Crippen LogP contribution in [0.4, 0.5) is 0 Å². The third-order valence-corrected chi connectivity index (χ3v) is 3.40. The Kier molecular flexibility index (Phi) is 6.84. The molecule has 22 heavy (non-hydrogen) atoms. The largest absolute Gasteiger partial charge is 0.456 e. The number of hydrogen-bond donors (Lipinski definition) is 0. The van der Waals surface area contributed by atoms with Crippen LogP contribution in [0.2, 0.25) is 0 Å². The highest BCUT2D eigenvalue weighted by atomic mass is 16.6. The van der Waals surface area contributed by atoms with Crippen molar-refractivity contribution in [3.63, 3.8) is 0 Å². The molecule has 1 aromatic carbocycles. The number of benzene rings is 1. The lowest BCUT2D eigenvalue weighted by molar-refractivity contribution is -0.151. The Morgan fingerprint density at radius 1 is 1.27 bits per heavy atom. The van der Waals surface area contributed by atoms with Gasteiger partial charge in [-0.1, -0.05) is 55.1 Å². The van der Waals surface area contributed by atoms with Gasteiger partial charge in [0.1, 0.15) is 5.60 Å². The minimum atomic E-state index is -0.525. The maximum absolute atomic E-state index is 11.6. The number of carbonyl (C=O) groups excluding carboxylic acids is 1. The topological polar surface area (TPSA) is 26.3 Å². The number of hydrogen-bond acceptors (Lipinski definition) is 2. The van der Waals surface area contributed by atoms with Gasteiger partial charge in [-0.2, -0.15) is 0 Å². The summed E-state index contributed by atoms with van der Waals surface area (Å²) in [5.74, 6) is -0.0369. The molecule has 0 aliphatic carbocycles. The molecule has 0 radical (unpaired) electrons. The number of esters is 1. The summed E-state index contributed by atoms with van der Waals surface area (Å²) in [6.07, 6.45) is 7.70. The van der Waals surface area contributed by atoms with Crippen molar-refractivity contribution < 1.29 is 9.53 Å². The molecule has 2 heteroatoms. The predicted molar refractivity (Wildman–Crippen MR) is 92.7 cm³/mol.